The second-order valence-electron chi connectivity index (χ2n) is 6.43. The van der Waals surface area contributed by atoms with Gasteiger partial charge in [0.2, 0.25) is 5.88 Å². The van der Waals surface area contributed by atoms with Gasteiger partial charge in [-0.3, -0.25) is 0 Å². The number of benzene rings is 3. The Morgan fingerprint density at radius 2 is 1.63 bits per heavy atom. The Kier molecular flexibility index (Phi) is 5.07. The second-order valence-corrected chi connectivity index (χ2v) is 8.20. The van der Waals surface area contributed by atoms with E-state index in [0.29, 0.717) is 4.09 Å². The third-order valence-corrected chi connectivity index (χ3v) is 5.94. The van der Waals surface area contributed by atoms with Crippen LogP contribution >= 0.6 is 0 Å². The van der Waals surface area contributed by atoms with Crippen molar-refractivity contribution < 1.29 is 17.9 Å². The van der Waals surface area contributed by atoms with Gasteiger partial charge in [-0.25, -0.2) is 4.79 Å². The van der Waals surface area contributed by atoms with Crippen molar-refractivity contribution in [1.82, 2.24) is 9.19 Å². The fraction of sp³-hybridized carbons (Fsp3) is 0. The highest BCUT2D eigenvalue weighted by Gasteiger charge is 2.23. The van der Waals surface area contributed by atoms with Gasteiger partial charge in [-0.2, -0.15) is 8.42 Å². The van der Waals surface area contributed by atoms with E-state index in [1.165, 1.54) is 18.2 Å². The molecule has 1 aromatic heterocycles. The van der Waals surface area contributed by atoms with Crippen LogP contribution in [0.25, 0.3) is 16.8 Å². The number of aromatic nitrogens is 2. The molecule has 3 aromatic carbocycles. The van der Waals surface area contributed by atoms with Gasteiger partial charge in [0.1, 0.15) is 5.82 Å². The fourth-order valence-corrected chi connectivity index (χ4v) is 4.13. The topological polar surface area (TPSA) is 104 Å². The van der Waals surface area contributed by atoms with Crippen LogP contribution in [0.15, 0.2) is 89.8 Å². The molecule has 8 heteroatoms. The maximum absolute atomic E-state index is 13.0. The van der Waals surface area contributed by atoms with Crippen LogP contribution in [0.3, 0.4) is 0 Å². The van der Waals surface area contributed by atoms with Crippen LogP contribution in [-0.4, -0.2) is 23.6 Å². The molecule has 0 atom stereocenters. The van der Waals surface area contributed by atoms with Crippen LogP contribution in [0.5, 0.6) is 5.88 Å². The number of nitrogens with zero attached hydrogens (tertiary/aromatic N) is 2. The van der Waals surface area contributed by atoms with Crippen LogP contribution in [0.2, 0.25) is 0 Å². The molecule has 0 aliphatic rings. The van der Waals surface area contributed by atoms with Crippen molar-refractivity contribution >= 4 is 38.7 Å². The van der Waals surface area contributed by atoms with Gasteiger partial charge in [0, 0.05) is 12.1 Å². The lowest BCUT2D eigenvalue weighted by Crippen LogP contribution is -2.17. The Hall–Kier alpha value is -3.91. The molecule has 0 amide bonds. The predicted octanol–water partition coefficient (Wildman–Crippen LogP) is 3.47. The molecule has 0 aliphatic heterocycles. The summed E-state index contributed by atoms with van der Waals surface area (Å²) < 4.78 is 31.7. The summed E-state index contributed by atoms with van der Waals surface area (Å²) in [6.45, 7) is 0. The minimum atomic E-state index is -4.06. The van der Waals surface area contributed by atoms with E-state index < -0.39 is 16.0 Å². The lowest BCUT2D eigenvalue weighted by atomic mass is 10.1. The zero-order valence-corrected chi connectivity index (χ0v) is 16.5. The van der Waals surface area contributed by atoms with E-state index in [-0.39, 0.29) is 16.6 Å². The van der Waals surface area contributed by atoms with Crippen molar-refractivity contribution in [2.75, 3.05) is 5.73 Å². The summed E-state index contributed by atoms with van der Waals surface area (Å²) in [5.41, 5.74) is 6.65. The number of nitrogens with two attached hydrogens (primary N) is 1. The number of hydrogen-bond donors (Lipinski definition) is 1. The summed E-state index contributed by atoms with van der Waals surface area (Å²) in [6.07, 6.45) is 2.80. The number of carbonyl (C=O) groups is 1. The van der Waals surface area contributed by atoms with Crippen LogP contribution in [0.1, 0.15) is 5.56 Å². The minimum absolute atomic E-state index is 0.0258. The van der Waals surface area contributed by atoms with Crippen molar-refractivity contribution in [2.45, 2.75) is 4.90 Å². The largest absolute Gasteiger partial charge is 0.403 e. The van der Waals surface area contributed by atoms with Gasteiger partial charge in [0.25, 0.3) is 10.0 Å². The summed E-state index contributed by atoms with van der Waals surface area (Å²) in [5, 5.41) is 5.53. The zero-order valence-electron chi connectivity index (χ0n) is 15.7. The lowest BCUT2D eigenvalue weighted by molar-refractivity contribution is -0.129. The van der Waals surface area contributed by atoms with E-state index in [2.05, 4.69) is 5.10 Å². The number of esters is 1. The zero-order chi connectivity index (χ0) is 21.1. The van der Waals surface area contributed by atoms with Crippen LogP contribution in [-0.2, 0) is 14.8 Å². The first-order chi connectivity index (χ1) is 14.4. The van der Waals surface area contributed by atoms with Gasteiger partial charge in [0.15, 0.2) is 0 Å². The van der Waals surface area contributed by atoms with E-state index in [1.807, 2.05) is 54.6 Å². The smallest absolute Gasteiger partial charge is 0.337 e. The van der Waals surface area contributed by atoms with Gasteiger partial charge in [-0.05, 0) is 34.5 Å². The predicted molar refractivity (Wildman–Crippen MR) is 114 cm³/mol. The third kappa shape index (κ3) is 3.94. The van der Waals surface area contributed by atoms with E-state index in [0.717, 1.165) is 16.3 Å². The molecule has 0 unspecified atom stereocenters. The number of ether oxygens (including phenoxy) is 1. The second kappa shape index (κ2) is 7.84. The molecule has 7 nitrogen and oxygen atoms in total. The molecule has 2 N–H and O–H groups in total. The number of anilines is 1. The summed E-state index contributed by atoms with van der Waals surface area (Å²) in [7, 11) is -4.06. The van der Waals surface area contributed by atoms with Crippen molar-refractivity contribution in [2.24, 2.45) is 0 Å². The average Bonchev–Trinajstić information content (AvgIpc) is 3.13. The SMILES string of the molecule is Nc1cc(OC(=O)C=Cc2ccccc2)nn1S(=O)(=O)c1ccc2ccccc2c1. The Bertz CT molecular complexity index is 1360. The number of rotatable bonds is 5. The highest BCUT2D eigenvalue weighted by atomic mass is 32.2. The molecule has 1 heterocycles. The number of fused-ring (bicyclic) bond motifs is 1. The highest BCUT2D eigenvalue weighted by molar-refractivity contribution is 7.90. The highest BCUT2D eigenvalue weighted by Crippen LogP contribution is 2.24. The summed E-state index contributed by atoms with van der Waals surface area (Å²) in [6, 6.07) is 22.5. The fourth-order valence-electron chi connectivity index (χ4n) is 2.89. The van der Waals surface area contributed by atoms with Crippen molar-refractivity contribution in [1.29, 1.82) is 0 Å². The number of hydrogen-bond acceptors (Lipinski definition) is 6. The molecule has 4 rings (SSSR count). The molecule has 0 aliphatic carbocycles. The van der Waals surface area contributed by atoms with Gasteiger partial charge in [0.05, 0.1) is 4.90 Å². The first-order valence-electron chi connectivity index (χ1n) is 8.98. The summed E-state index contributed by atoms with van der Waals surface area (Å²) in [4.78, 5) is 12.0. The standard InChI is InChI=1S/C22H17N3O4S/c23-20-15-21(29-22(26)13-10-16-6-2-1-3-7-16)24-25(20)30(27,28)19-12-11-17-8-4-5-9-18(17)14-19/h1-15H,23H2. The Labute approximate surface area is 173 Å². The van der Waals surface area contributed by atoms with E-state index in [9.17, 15) is 13.2 Å². The molecule has 0 saturated carbocycles. The lowest BCUT2D eigenvalue weighted by Gasteiger charge is -2.07. The van der Waals surface area contributed by atoms with Crippen LogP contribution in [0, 0.1) is 0 Å². The van der Waals surface area contributed by atoms with Crippen LogP contribution < -0.4 is 10.5 Å². The minimum Gasteiger partial charge on any atom is -0.403 e. The first kappa shape index (κ1) is 19.4. The molecule has 0 spiro atoms. The monoisotopic (exact) mass is 419 g/mol. The maximum Gasteiger partial charge on any atom is 0.337 e. The van der Waals surface area contributed by atoms with Gasteiger partial charge in [-0.15, -0.1) is 9.19 Å². The molecule has 0 fully saturated rings. The van der Waals surface area contributed by atoms with Gasteiger partial charge < -0.3 is 10.5 Å². The molecular weight excluding hydrogens is 402 g/mol. The first-order valence-corrected chi connectivity index (χ1v) is 10.4. The summed E-state index contributed by atoms with van der Waals surface area (Å²) in [5.74, 6) is -1.08. The molecule has 4 aromatic rings. The third-order valence-electron chi connectivity index (χ3n) is 4.34. The summed E-state index contributed by atoms with van der Waals surface area (Å²) >= 11 is 0. The molecule has 0 radical (unpaired) electrons. The molecular formula is C22H17N3O4S. The van der Waals surface area contributed by atoms with Gasteiger partial charge in [-0.1, -0.05) is 60.7 Å². The van der Waals surface area contributed by atoms with E-state index >= 15 is 0 Å². The van der Waals surface area contributed by atoms with Crippen LogP contribution in [0.4, 0.5) is 5.82 Å². The molecule has 30 heavy (non-hydrogen) atoms. The van der Waals surface area contributed by atoms with Gasteiger partial charge >= 0.3 is 5.97 Å². The Morgan fingerprint density at radius 1 is 0.933 bits per heavy atom. The van der Waals surface area contributed by atoms with Crippen molar-refractivity contribution in [3.8, 4) is 5.88 Å². The molecule has 0 saturated heterocycles. The molecule has 0 bridgehead atoms. The van der Waals surface area contributed by atoms with E-state index in [1.54, 1.807) is 18.2 Å². The Balaban J connectivity index is 1.58. The maximum atomic E-state index is 13.0. The average molecular weight is 419 g/mol. The van der Waals surface area contributed by atoms with Crippen molar-refractivity contribution in [3.05, 3.63) is 90.5 Å². The van der Waals surface area contributed by atoms with E-state index in [4.69, 9.17) is 10.5 Å². The normalized spacial score (nSPS) is 11.7. The van der Waals surface area contributed by atoms with Crippen molar-refractivity contribution in [3.63, 3.8) is 0 Å². The number of nitrogen functional groups attached to an aromatic ring is 1. The molecule has 150 valence electrons. The number of carbonyl (C=O) groups excluding carboxylic acids is 1. The quantitative estimate of drug-likeness (QED) is 0.392. The Morgan fingerprint density at radius 3 is 2.40 bits per heavy atom.